The lowest BCUT2D eigenvalue weighted by Crippen LogP contribution is -2.20. The van der Waals surface area contributed by atoms with Crippen LogP contribution >= 0.6 is 11.8 Å². The number of pyridine rings is 1. The van der Waals surface area contributed by atoms with Gasteiger partial charge in [0.25, 0.3) is 5.91 Å². The molecule has 0 aliphatic heterocycles. The normalized spacial score (nSPS) is 10.6. The SMILES string of the molecule is CSc1nc(-c2ccncc2)nc(NCCO)c1C(=O)Nc1ccc(C)cc1C. The van der Waals surface area contributed by atoms with Crippen LogP contribution in [0.4, 0.5) is 11.5 Å². The Hall–Kier alpha value is -2.97. The van der Waals surface area contributed by atoms with Crippen molar-refractivity contribution in [1.82, 2.24) is 15.0 Å². The molecule has 0 unspecified atom stereocenters. The summed E-state index contributed by atoms with van der Waals surface area (Å²) < 4.78 is 0. The van der Waals surface area contributed by atoms with Crippen LogP contribution in [0, 0.1) is 13.8 Å². The first kappa shape index (κ1) is 20.8. The highest BCUT2D eigenvalue weighted by molar-refractivity contribution is 7.98. The summed E-state index contributed by atoms with van der Waals surface area (Å²) in [5, 5.41) is 15.8. The van der Waals surface area contributed by atoms with Crippen molar-refractivity contribution in [2.75, 3.05) is 30.0 Å². The Balaban J connectivity index is 2.04. The summed E-state index contributed by atoms with van der Waals surface area (Å²) >= 11 is 1.37. The van der Waals surface area contributed by atoms with E-state index in [1.165, 1.54) is 11.8 Å². The standard InChI is InChI=1S/C21H23N5O2S/c1-13-4-5-16(14(2)12-13)24-20(28)17-19(23-10-11-27)25-18(26-21(17)29-3)15-6-8-22-9-7-15/h4-9,12,27H,10-11H2,1-3H3,(H,24,28)(H,23,25,26). The highest BCUT2D eigenvalue weighted by Crippen LogP contribution is 2.29. The van der Waals surface area contributed by atoms with Gasteiger partial charge in [-0.1, -0.05) is 17.7 Å². The minimum Gasteiger partial charge on any atom is -0.395 e. The maximum atomic E-state index is 13.1. The van der Waals surface area contributed by atoms with E-state index in [0.29, 0.717) is 22.2 Å². The molecule has 3 N–H and O–H groups in total. The second kappa shape index (κ2) is 9.49. The number of amides is 1. The van der Waals surface area contributed by atoms with Crippen LogP contribution in [0.3, 0.4) is 0 Å². The monoisotopic (exact) mass is 409 g/mol. The number of anilines is 2. The molecular formula is C21H23N5O2S. The summed E-state index contributed by atoms with van der Waals surface area (Å²) in [4.78, 5) is 26.3. The van der Waals surface area contributed by atoms with Crippen molar-refractivity contribution in [2.45, 2.75) is 18.9 Å². The molecule has 2 aromatic heterocycles. The molecule has 0 saturated carbocycles. The molecule has 3 rings (SSSR count). The van der Waals surface area contributed by atoms with Crippen molar-refractivity contribution in [3.63, 3.8) is 0 Å². The number of nitrogens with one attached hydrogen (secondary N) is 2. The van der Waals surface area contributed by atoms with Gasteiger partial charge < -0.3 is 15.7 Å². The number of carbonyl (C=O) groups excluding carboxylic acids is 1. The van der Waals surface area contributed by atoms with Gasteiger partial charge in [-0.15, -0.1) is 11.8 Å². The molecule has 0 saturated heterocycles. The first-order valence-electron chi connectivity index (χ1n) is 9.13. The lowest BCUT2D eigenvalue weighted by atomic mass is 10.1. The fraction of sp³-hybridized carbons (Fsp3) is 0.238. The topological polar surface area (TPSA) is 100 Å². The van der Waals surface area contributed by atoms with Crippen LogP contribution in [0.1, 0.15) is 21.5 Å². The Morgan fingerprint density at radius 2 is 1.90 bits per heavy atom. The van der Waals surface area contributed by atoms with E-state index >= 15 is 0 Å². The number of aliphatic hydroxyl groups excluding tert-OH is 1. The predicted octanol–water partition coefficient (Wildman–Crippen LogP) is 3.53. The van der Waals surface area contributed by atoms with Gasteiger partial charge in [0.05, 0.1) is 6.61 Å². The zero-order chi connectivity index (χ0) is 20.8. The second-order valence-corrected chi connectivity index (χ2v) is 7.23. The number of nitrogens with zero attached hydrogens (tertiary/aromatic N) is 3. The Kier molecular flexibility index (Phi) is 6.79. The summed E-state index contributed by atoms with van der Waals surface area (Å²) in [7, 11) is 0. The molecule has 150 valence electrons. The first-order chi connectivity index (χ1) is 14.0. The quantitative estimate of drug-likeness (QED) is 0.405. The van der Waals surface area contributed by atoms with Gasteiger partial charge in [-0.25, -0.2) is 9.97 Å². The summed E-state index contributed by atoms with van der Waals surface area (Å²) in [5.74, 6) is 0.566. The molecule has 2 heterocycles. The summed E-state index contributed by atoms with van der Waals surface area (Å²) in [6.07, 6.45) is 5.19. The maximum Gasteiger partial charge on any atom is 0.262 e. The van der Waals surface area contributed by atoms with Gasteiger partial charge in [0.15, 0.2) is 5.82 Å². The number of thioether (sulfide) groups is 1. The molecule has 8 heteroatoms. The van der Waals surface area contributed by atoms with Crippen molar-refractivity contribution >= 4 is 29.2 Å². The number of hydrogen-bond donors (Lipinski definition) is 3. The molecule has 0 radical (unpaired) electrons. The van der Waals surface area contributed by atoms with Crippen LogP contribution in [0.2, 0.25) is 0 Å². The summed E-state index contributed by atoms with van der Waals surface area (Å²) in [6.45, 7) is 4.14. The number of aliphatic hydroxyl groups is 1. The third-order valence-corrected chi connectivity index (χ3v) is 4.95. The zero-order valence-electron chi connectivity index (χ0n) is 16.6. The number of benzene rings is 1. The number of rotatable bonds is 7. The molecule has 7 nitrogen and oxygen atoms in total. The van der Waals surface area contributed by atoms with Crippen molar-refractivity contribution in [2.24, 2.45) is 0 Å². The van der Waals surface area contributed by atoms with Crippen LogP contribution in [-0.2, 0) is 0 Å². The molecule has 0 aliphatic carbocycles. The van der Waals surface area contributed by atoms with E-state index in [0.717, 1.165) is 22.4 Å². The van der Waals surface area contributed by atoms with Gasteiger partial charge in [0.1, 0.15) is 16.4 Å². The van der Waals surface area contributed by atoms with Crippen molar-refractivity contribution in [1.29, 1.82) is 0 Å². The minimum atomic E-state index is -0.303. The van der Waals surface area contributed by atoms with E-state index in [2.05, 4.69) is 25.6 Å². The van der Waals surface area contributed by atoms with E-state index in [1.807, 2.05) is 50.4 Å². The molecule has 29 heavy (non-hydrogen) atoms. The Bertz CT molecular complexity index is 1010. The lowest BCUT2D eigenvalue weighted by molar-refractivity contribution is 0.102. The Morgan fingerprint density at radius 1 is 1.14 bits per heavy atom. The molecule has 1 amide bonds. The molecule has 3 aromatic rings. The predicted molar refractivity (Wildman–Crippen MR) is 116 cm³/mol. The number of hydrogen-bond acceptors (Lipinski definition) is 7. The average molecular weight is 410 g/mol. The van der Waals surface area contributed by atoms with Gasteiger partial charge >= 0.3 is 0 Å². The first-order valence-corrected chi connectivity index (χ1v) is 10.4. The fourth-order valence-electron chi connectivity index (χ4n) is 2.86. The minimum absolute atomic E-state index is 0.0820. The summed E-state index contributed by atoms with van der Waals surface area (Å²) in [5.41, 5.74) is 3.98. The van der Waals surface area contributed by atoms with E-state index in [9.17, 15) is 9.90 Å². The number of aromatic nitrogens is 3. The van der Waals surface area contributed by atoms with Gasteiger partial charge in [0.2, 0.25) is 0 Å². The van der Waals surface area contributed by atoms with Crippen LogP contribution in [0.15, 0.2) is 47.8 Å². The largest absolute Gasteiger partial charge is 0.395 e. The van der Waals surface area contributed by atoms with Gasteiger partial charge in [-0.05, 0) is 43.9 Å². The number of carbonyl (C=O) groups is 1. The zero-order valence-corrected chi connectivity index (χ0v) is 17.4. The van der Waals surface area contributed by atoms with E-state index in [1.54, 1.807) is 12.4 Å². The van der Waals surface area contributed by atoms with E-state index < -0.39 is 0 Å². The molecular weight excluding hydrogens is 386 g/mol. The van der Waals surface area contributed by atoms with Crippen LogP contribution in [-0.4, -0.2) is 45.4 Å². The van der Waals surface area contributed by atoms with Gasteiger partial charge in [-0.3, -0.25) is 9.78 Å². The third-order valence-electron chi connectivity index (χ3n) is 4.27. The van der Waals surface area contributed by atoms with Crippen LogP contribution in [0.25, 0.3) is 11.4 Å². The second-order valence-electron chi connectivity index (χ2n) is 6.44. The smallest absolute Gasteiger partial charge is 0.262 e. The van der Waals surface area contributed by atoms with Crippen molar-refractivity contribution in [3.8, 4) is 11.4 Å². The summed E-state index contributed by atoms with van der Waals surface area (Å²) in [6, 6.07) is 9.47. The average Bonchev–Trinajstić information content (AvgIpc) is 2.74. The molecule has 0 atom stereocenters. The molecule has 0 spiro atoms. The molecule has 0 bridgehead atoms. The Morgan fingerprint density at radius 3 is 2.55 bits per heavy atom. The van der Waals surface area contributed by atoms with Crippen LogP contribution in [0.5, 0.6) is 0 Å². The van der Waals surface area contributed by atoms with Crippen molar-refractivity contribution in [3.05, 3.63) is 59.4 Å². The molecule has 1 aromatic carbocycles. The van der Waals surface area contributed by atoms with E-state index in [-0.39, 0.29) is 19.1 Å². The van der Waals surface area contributed by atoms with Crippen molar-refractivity contribution < 1.29 is 9.90 Å². The van der Waals surface area contributed by atoms with Crippen LogP contribution < -0.4 is 10.6 Å². The lowest BCUT2D eigenvalue weighted by Gasteiger charge is -2.16. The maximum absolute atomic E-state index is 13.1. The highest BCUT2D eigenvalue weighted by Gasteiger charge is 2.22. The Labute approximate surface area is 174 Å². The molecule has 0 aliphatic rings. The fourth-order valence-corrected chi connectivity index (χ4v) is 3.43. The highest BCUT2D eigenvalue weighted by atomic mass is 32.2. The third kappa shape index (κ3) is 4.90. The van der Waals surface area contributed by atoms with Gasteiger partial charge in [0, 0.05) is 30.2 Å². The van der Waals surface area contributed by atoms with Gasteiger partial charge in [-0.2, -0.15) is 0 Å². The van der Waals surface area contributed by atoms with E-state index in [4.69, 9.17) is 0 Å². The molecule has 0 fully saturated rings. The number of aryl methyl sites for hydroxylation is 2.